The van der Waals surface area contributed by atoms with Gasteiger partial charge in [0.05, 0.1) is 30.8 Å². The fraction of sp³-hybridized carbons (Fsp3) is 0.129. The van der Waals surface area contributed by atoms with E-state index in [-0.39, 0.29) is 0 Å². The topological polar surface area (TPSA) is 37.7 Å². The minimum absolute atomic E-state index is 0.652. The molecule has 4 aromatic carbocycles. The first-order valence-corrected chi connectivity index (χ1v) is 14.6. The van der Waals surface area contributed by atoms with Crippen LogP contribution in [0.1, 0.15) is 0 Å². The van der Waals surface area contributed by atoms with Crippen molar-refractivity contribution in [3.63, 3.8) is 0 Å². The Kier molecular flexibility index (Phi) is 6.80. The van der Waals surface area contributed by atoms with E-state index in [1.807, 2.05) is 24.3 Å². The van der Waals surface area contributed by atoms with Crippen molar-refractivity contribution in [3.8, 4) is 0 Å². The van der Waals surface area contributed by atoms with Crippen molar-refractivity contribution < 1.29 is 4.74 Å². The summed E-state index contributed by atoms with van der Waals surface area (Å²) in [5, 5.41) is 5.15. The number of halogens is 1. The second-order valence-electron chi connectivity index (χ2n) is 8.96. The molecular formula is C31H27ClN3OP. The smallest absolute Gasteiger partial charge is 0.177 e. The number of ether oxygens (including phenoxy) is 1. The van der Waals surface area contributed by atoms with E-state index in [0.717, 1.165) is 29.7 Å². The Morgan fingerprint density at radius 1 is 0.676 bits per heavy atom. The van der Waals surface area contributed by atoms with E-state index in [2.05, 4.69) is 95.9 Å². The number of fused-ring (bicyclic) bond motifs is 1. The molecule has 0 bridgehead atoms. The molecular weight excluding hydrogens is 497 g/mol. The van der Waals surface area contributed by atoms with E-state index in [9.17, 15) is 0 Å². The van der Waals surface area contributed by atoms with Crippen molar-refractivity contribution in [1.29, 1.82) is 0 Å². The van der Waals surface area contributed by atoms with Gasteiger partial charge in [-0.2, -0.15) is 0 Å². The zero-order chi connectivity index (χ0) is 25.1. The van der Waals surface area contributed by atoms with Crippen LogP contribution in [0, 0.1) is 0 Å². The summed E-state index contributed by atoms with van der Waals surface area (Å²) in [6, 6.07) is 39.9. The van der Waals surface area contributed by atoms with Crippen LogP contribution in [-0.4, -0.2) is 31.3 Å². The van der Waals surface area contributed by atoms with Crippen molar-refractivity contribution in [2.75, 3.05) is 31.2 Å². The standard InChI is InChI=1S/C31H27ClN3OP/c32-29-27-18-10-11-19-28(27)33-31(30(29)35-20-22-36-23-21-35)34-37(24-12-4-1-5-13-24,25-14-6-2-7-15-25)26-16-8-3-9-17-26/h1-19H,20-23H2. The zero-order valence-electron chi connectivity index (χ0n) is 20.4. The Morgan fingerprint density at radius 2 is 1.16 bits per heavy atom. The van der Waals surface area contributed by atoms with Gasteiger partial charge in [0, 0.05) is 34.4 Å². The van der Waals surface area contributed by atoms with Crippen LogP contribution in [0.5, 0.6) is 0 Å². The van der Waals surface area contributed by atoms with Crippen molar-refractivity contribution in [1.82, 2.24) is 4.98 Å². The molecule has 6 rings (SSSR count). The molecule has 5 aromatic rings. The van der Waals surface area contributed by atoms with E-state index in [1.165, 1.54) is 15.9 Å². The van der Waals surface area contributed by atoms with E-state index >= 15 is 0 Å². The summed E-state index contributed by atoms with van der Waals surface area (Å²) in [6.45, 7) is 2.79. The second kappa shape index (κ2) is 10.5. The summed E-state index contributed by atoms with van der Waals surface area (Å²) >= 11 is 7.18. The summed E-state index contributed by atoms with van der Waals surface area (Å²) in [5.41, 5.74) is 1.73. The first-order chi connectivity index (χ1) is 18.3. The fourth-order valence-electron chi connectivity index (χ4n) is 4.98. The molecule has 4 nitrogen and oxygen atoms in total. The minimum atomic E-state index is -2.51. The zero-order valence-corrected chi connectivity index (χ0v) is 22.0. The molecule has 6 heteroatoms. The number of aromatic nitrogens is 1. The molecule has 0 spiro atoms. The van der Waals surface area contributed by atoms with Gasteiger partial charge in [-0.15, -0.1) is 0 Å². The Morgan fingerprint density at radius 3 is 1.70 bits per heavy atom. The molecule has 0 N–H and O–H groups in total. The molecule has 0 saturated carbocycles. The number of rotatable bonds is 5. The summed E-state index contributed by atoms with van der Waals surface area (Å²) in [7, 11) is -2.51. The third-order valence-corrected chi connectivity index (χ3v) is 10.8. The number of morpholine rings is 1. The number of anilines is 1. The Hall–Kier alpha value is -3.43. The van der Waals surface area contributed by atoms with Crippen LogP contribution >= 0.6 is 18.7 Å². The number of para-hydroxylation sites is 1. The van der Waals surface area contributed by atoms with Gasteiger partial charge in [0.15, 0.2) is 5.82 Å². The highest BCUT2D eigenvalue weighted by atomic mass is 35.5. The van der Waals surface area contributed by atoms with E-state index in [0.29, 0.717) is 24.1 Å². The highest BCUT2D eigenvalue weighted by Crippen LogP contribution is 2.52. The molecule has 2 heterocycles. The van der Waals surface area contributed by atoms with Gasteiger partial charge >= 0.3 is 0 Å². The van der Waals surface area contributed by atoms with Crippen LogP contribution in [0.3, 0.4) is 0 Å². The quantitative estimate of drug-likeness (QED) is 0.246. The number of pyridine rings is 1. The average molecular weight is 524 g/mol. The molecule has 37 heavy (non-hydrogen) atoms. The van der Waals surface area contributed by atoms with Crippen molar-refractivity contribution in [3.05, 3.63) is 120 Å². The molecule has 184 valence electrons. The monoisotopic (exact) mass is 523 g/mol. The lowest BCUT2D eigenvalue weighted by atomic mass is 10.2. The van der Waals surface area contributed by atoms with Gasteiger partial charge in [-0.3, -0.25) is 0 Å². The van der Waals surface area contributed by atoms with Gasteiger partial charge < -0.3 is 9.64 Å². The van der Waals surface area contributed by atoms with Gasteiger partial charge in [0.2, 0.25) is 0 Å². The molecule has 1 aromatic heterocycles. The SMILES string of the molecule is Clc1c(N2CCOCC2)c(N=P(c2ccccc2)(c2ccccc2)c2ccccc2)nc2ccccc12. The van der Waals surface area contributed by atoms with E-state index in [1.54, 1.807) is 0 Å². The summed E-state index contributed by atoms with van der Waals surface area (Å²) in [5.74, 6) is 0.676. The number of nitrogens with zero attached hydrogens (tertiary/aromatic N) is 3. The average Bonchev–Trinajstić information content (AvgIpc) is 2.98. The molecule has 0 amide bonds. The third-order valence-electron chi connectivity index (χ3n) is 6.75. The number of benzene rings is 4. The maximum atomic E-state index is 7.18. The Labute approximate surface area is 222 Å². The van der Waals surface area contributed by atoms with E-state index in [4.69, 9.17) is 26.1 Å². The molecule has 1 aliphatic rings. The summed E-state index contributed by atoms with van der Waals surface area (Å²) in [4.78, 5) is 7.44. The molecule has 0 aliphatic carbocycles. The predicted molar refractivity (Wildman–Crippen MR) is 157 cm³/mol. The van der Waals surface area contributed by atoms with Crippen LogP contribution in [-0.2, 0) is 4.74 Å². The maximum Gasteiger partial charge on any atom is 0.177 e. The van der Waals surface area contributed by atoms with Crippen LogP contribution < -0.4 is 20.8 Å². The highest BCUT2D eigenvalue weighted by Gasteiger charge is 2.30. The van der Waals surface area contributed by atoms with Crippen LogP contribution in [0.15, 0.2) is 120 Å². The second-order valence-corrected chi connectivity index (χ2v) is 12.4. The summed E-state index contributed by atoms with van der Waals surface area (Å²) in [6.07, 6.45) is 0. The molecule has 1 fully saturated rings. The first kappa shape index (κ1) is 23.9. The lowest BCUT2D eigenvalue weighted by molar-refractivity contribution is 0.123. The van der Waals surface area contributed by atoms with Crippen molar-refractivity contribution in [2.24, 2.45) is 4.74 Å². The van der Waals surface area contributed by atoms with E-state index < -0.39 is 7.05 Å². The van der Waals surface area contributed by atoms with Crippen LogP contribution in [0.25, 0.3) is 10.9 Å². The van der Waals surface area contributed by atoms with Crippen molar-refractivity contribution in [2.45, 2.75) is 0 Å². The van der Waals surface area contributed by atoms with Gasteiger partial charge in [0.1, 0.15) is 5.69 Å². The molecule has 0 atom stereocenters. The molecule has 0 radical (unpaired) electrons. The molecule has 0 unspecified atom stereocenters. The van der Waals surface area contributed by atoms with Gasteiger partial charge in [-0.05, 0) is 6.07 Å². The molecule has 1 saturated heterocycles. The van der Waals surface area contributed by atoms with Crippen molar-refractivity contribution >= 4 is 57.0 Å². The third kappa shape index (κ3) is 4.46. The minimum Gasteiger partial charge on any atom is -0.378 e. The largest absolute Gasteiger partial charge is 0.378 e. The lowest BCUT2D eigenvalue weighted by Gasteiger charge is -2.32. The van der Waals surface area contributed by atoms with Gasteiger partial charge in [0.25, 0.3) is 0 Å². The highest BCUT2D eigenvalue weighted by molar-refractivity contribution is 7.87. The Bertz CT molecular complexity index is 1470. The summed E-state index contributed by atoms with van der Waals surface area (Å²) < 4.78 is 11.4. The first-order valence-electron chi connectivity index (χ1n) is 12.5. The Balaban J connectivity index is 1.76. The maximum absolute atomic E-state index is 7.18. The van der Waals surface area contributed by atoms with Gasteiger partial charge in [-0.25, -0.2) is 9.73 Å². The van der Waals surface area contributed by atoms with Gasteiger partial charge in [-0.1, -0.05) is 121 Å². The predicted octanol–water partition coefficient (Wildman–Crippen LogP) is 6.53. The number of hydrogen-bond acceptors (Lipinski definition) is 4. The fourth-order valence-corrected chi connectivity index (χ4v) is 8.82. The molecule has 1 aliphatic heterocycles. The normalized spacial score (nSPS) is 14.0. The van der Waals surface area contributed by atoms with Crippen LogP contribution in [0.4, 0.5) is 11.5 Å². The lowest BCUT2D eigenvalue weighted by Crippen LogP contribution is -2.36. The number of hydrogen-bond donors (Lipinski definition) is 0. The van der Waals surface area contributed by atoms with Crippen LogP contribution in [0.2, 0.25) is 5.02 Å².